The van der Waals surface area contributed by atoms with Crippen LogP contribution in [-0.4, -0.2) is 16.4 Å². The van der Waals surface area contributed by atoms with Crippen molar-refractivity contribution in [2.75, 3.05) is 0 Å². The van der Waals surface area contributed by atoms with Crippen molar-refractivity contribution < 1.29 is 9.72 Å². The SMILES string of the molecule is Cl.NC1(C(=O)NCc2ccc([N+](=O)[O-])cc2)CCCC1. The number of hydrogen-bond donors (Lipinski definition) is 2. The lowest BCUT2D eigenvalue weighted by atomic mass is 9.98. The molecule has 1 aromatic rings. The molecule has 0 radical (unpaired) electrons. The van der Waals surface area contributed by atoms with Crippen molar-refractivity contribution in [1.29, 1.82) is 0 Å². The molecular formula is C13H18ClN3O3. The van der Waals surface area contributed by atoms with Gasteiger partial charge in [0.2, 0.25) is 5.91 Å². The molecule has 1 aliphatic rings. The van der Waals surface area contributed by atoms with Crippen molar-refractivity contribution >= 4 is 24.0 Å². The number of nitrogens with zero attached hydrogens (tertiary/aromatic N) is 1. The molecule has 0 bridgehead atoms. The molecule has 1 aliphatic carbocycles. The second-order valence-corrected chi connectivity index (χ2v) is 4.97. The molecule has 7 heteroatoms. The molecule has 1 fully saturated rings. The van der Waals surface area contributed by atoms with Crippen LogP contribution in [0.2, 0.25) is 0 Å². The summed E-state index contributed by atoms with van der Waals surface area (Å²) in [7, 11) is 0. The van der Waals surface area contributed by atoms with Gasteiger partial charge in [0.1, 0.15) is 0 Å². The van der Waals surface area contributed by atoms with Crippen molar-refractivity contribution in [1.82, 2.24) is 5.32 Å². The number of nitro benzene ring substituents is 1. The Morgan fingerprint density at radius 3 is 2.35 bits per heavy atom. The molecular weight excluding hydrogens is 282 g/mol. The van der Waals surface area contributed by atoms with Gasteiger partial charge < -0.3 is 11.1 Å². The van der Waals surface area contributed by atoms with Gasteiger partial charge in [-0.1, -0.05) is 25.0 Å². The van der Waals surface area contributed by atoms with E-state index in [0.29, 0.717) is 6.54 Å². The minimum atomic E-state index is -0.735. The third kappa shape index (κ3) is 3.68. The van der Waals surface area contributed by atoms with E-state index >= 15 is 0 Å². The van der Waals surface area contributed by atoms with E-state index in [1.807, 2.05) is 0 Å². The lowest BCUT2D eigenvalue weighted by molar-refractivity contribution is -0.384. The molecule has 0 unspecified atom stereocenters. The standard InChI is InChI=1S/C13H17N3O3.ClH/c14-13(7-1-2-8-13)12(17)15-9-10-3-5-11(6-4-10)16(18)19;/h3-6H,1-2,7-9,14H2,(H,15,17);1H. The van der Waals surface area contributed by atoms with Gasteiger partial charge in [-0.3, -0.25) is 14.9 Å². The maximum atomic E-state index is 12.0. The van der Waals surface area contributed by atoms with E-state index in [4.69, 9.17) is 5.73 Å². The summed E-state index contributed by atoms with van der Waals surface area (Å²) in [6.07, 6.45) is 3.42. The molecule has 1 aromatic carbocycles. The van der Waals surface area contributed by atoms with E-state index in [9.17, 15) is 14.9 Å². The first-order valence-corrected chi connectivity index (χ1v) is 6.32. The molecule has 0 aliphatic heterocycles. The summed E-state index contributed by atoms with van der Waals surface area (Å²) in [6, 6.07) is 6.12. The van der Waals surface area contributed by atoms with Crippen molar-refractivity contribution in [2.24, 2.45) is 5.73 Å². The van der Waals surface area contributed by atoms with Gasteiger partial charge in [0.25, 0.3) is 5.69 Å². The first-order chi connectivity index (χ1) is 9.01. The molecule has 20 heavy (non-hydrogen) atoms. The monoisotopic (exact) mass is 299 g/mol. The molecule has 0 aromatic heterocycles. The number of carbonyl (C=O) groups is 1. The van der Waals surface area contributed by atoms with Crippen LogP contribution in [0.1, 0.15) is 31.2 Å². The van der Waals surface area contributed by atoms with Gasteiger partial charge in [0.15, 0.2) is 0 Å². The normalized spacial score (nSPS) is 16.2. The van der Waals surface area contributed by atoms with E-state index in [-0.39, 0.29) is 24.0 Å². The minimum absolute atomic E-state index is 0. The fourth-order valence-corrected chi connectivity index (χ4v) is 2.33. The van der Waals surface area contributed by atoms with E-state index in [2.05, 4.69) is 5.32 Å². The second-order valence-electron chi connectivity index (χ2n) is 4.97. The number of benzene rings is 1. The molecule has 0 spiro atoms. The summed E-state index contributed by atoms with van der Waals surface area (Å²) in [5, 5.41) is 13.3. The quantitative estimate of drug-likeness (QED) is 0.655. The topological polar surface area (TPSA) is 98.3 Å². The van der Waals surface area contributed by atoms with Crippen LogP contribution in [0.4, 0.5) is 5.69 Å². The molecule has 0 atom stereocenters. The summed E-state index contributed by atoms with van der Waals surface area (Å²) in [6.45, 7) is 0.343. The Hall–Kier alpha value is -1.66. The van der Waals surface area contributed by atoms with Crippen LogP contribution in [0.25, 0.3) is 0 Å². The Balaban J connectivity index is 0.00000200. The highest BCUT2D eigenvalue weighted by Gasteiger charge is 2.36. The smallest absolute Gasteiger partial charge is 0.269 e. The van der Waals surface area contributed by atoms with E-state index in [1.165, 1.54) is 12.1 Å². The lowest BCUT2D eigenvalue weighted by Crippen LogP contribution is -2.51. The van der Waals surface area contributed by atoms with Crippen LogP contribution >= 0.6 is 12.4 Å². The molecule has 2 rings (SSSR count). The number of nitrogens with two attached hydrogens (primary N) is 1. The second kappa shape index (κ2) is 6.67. The highest BCUT2D eigenvalue weighted by Crippen LogP contribution is 2.27. The zero-order valence-electron chi connectivity index (χ0n) is 11.0. The molecule has 0 heterocycles. The molecule has 3 N–H and O–H groups in total. The van der Waals surface area contributed by atoms with Crippen LogP contribution < -0.4 is 11.1 Å². The predicted molar refractivity (Wildman–Crippen MR) is 77.6 cm³/mol. The molecule has 1 amide bonds. The number of halogens is 1. The minimum Gasteiger partial charge on any atom is -0.350 e. The molecule has 110 valence electrons. The average Bonchev–Trinajstić information content (AvgIpc) is 2.84. The van der Waals surface area contributed by atoms with Gasteiger partial charge in [-0.2, -0.15) is 0 Å². The van der Waals surface area contributed by atoms with Gasteiger partial charge in [0, 0.05) is 18.7 Å². The summed E-state index contributed by atoms with van der Waals surface area (Å²) in [5.74, 6) is -0.136. The number of amides is 1. The van der Waals surface area contributed by atoms with Gasteiger partial charge in [-0.05, 0) is 18.4 Å². The Morgan fingerprint density at radius 1 is 1.30 bits per heavy atom. The number of non-ortho nitro benzene ring substituents is 1. The molecule has 1 saturated carbocycles. The van der Waals surface area contributed by atoms with Crippen LogP contribution in [-0.2, 0) is 11.3 Å². The van der Waals surface area contributed by atoms with Gasteiger partial charge in [-0.15, -0.1) is 12.4 Å². The predicted octanol–water partition coefficient (Wildman–Crippen LogP) is 1.90. The van der Waals surface area contributed by atoms with Gasteiger partial charge in [-0.25, -0.2) is 0 Å². The van der Waals surface area contributed by atoms with E-state index in [1.54, 1.807) is 12.1 Å². The third-order valence-electron chi connectivity index (χ3n) is 3.55. The van der Waals surface area contributed by atoms with Crippen molar-refractivity contribution in [3.8, 4) is 0 Å². The Bertz CT molecular complexity index is 484. The van der Waals surface area contributed by atoms with Crippen LogP contribution in [0.5, 0.6) is 0 Å². The first-order valence-electron chi connectivity index (χ1n) is 6.32. The summed E-state index contributed by atoms with van der Waals surface area (Å²) in [5.41, 5.74) is 6.16. The zero-order chi connectivity index (χ0) is 13.9. The Morgan fingerprint density at radius 2 is 1.85 bits per heavy atom. The van der Waals surface area contributed by atoms with Gasteiger partial charge >= 0.3 is 0 Å². The highest BCUT2D eigenvalue weighted by atomic mass is 35.5. The summed E-state index contributed by atoms with van der Waals surface area (Å²) < 4.78 is 0. The summed E-state index contributed by atoms with van der Waals surface area (Å²) in [4.78, 5) is 22.0. The van der Waals surface area contributed by atoms with Crippen LogP contribution in [0, 0.1) is 10.1 Å². The fourth-order valence-electron chi connectivity index (χ4n) is 2.33. The maximum Gasteiger partial charge on any atom is 0.269 e. The number of rotatable bonds is 4. The lowest BCUT2D eigenvalue weighted by Gasteiger charge is -2.22. The Kier molecular flexibility index (Phi) is 5.47. The van der Waals surface area contributed by atoms with Crippen LogP contribution in [0.3, 0.4) is 0 Å². The van der Waals surface area contributed by atoms with E-state index < -0.39 is 10.5 Å². The van der Waals surface area contributed by atoms with Crippen molar-refractivity contribution in [2.45, 2.75) is 37.8 Å². The van der Waals surface area contributed by atoms with Crippen molar-refractivity contribution in [3.63, 3.8) is 0 Å². The average molecular weight is 300 g/mol. The number of hydrogen-bond acceptors (Lipinski definition) is 4. The number of nitrogens with one attached hydrogen (secondary N) is 1. The molecule has 0 saturated heterocycles. The third-order valence-corrected chi connectivity index (χ3v) is 3.55. The maximum absolute atomic E-state index is 12.0. The van der Waals surface area contributed by atoms with E-state index in [0.717, 1.165) is 31.2 Å². The number of nitro groups is 1. The zero-order valence-corrected chi connectivity index (χ0v) is 11.8. The Labute approximate surface area is 123 Å². The first kappa shape index (κ1) is 16.4. The molecule has 6 nitrogen and oxygen atoms in total. The fraction of sp³-hybridized carbons (Fsp3) is 0.462. The van der Waals surface area contributed by atoms with Crippen LogP contribution in [0.15, 0.2) is 24.3 Å². The largest absolute Gasteiger partial charge is 0.350 e. The van der Waals surface area contributed by atoms with Crippen molar-refractivity contribution in [3.05, 3.63) is 39.9 Å². The highest BCUT2D eigenvalue weighted by molar-refractivity contribution is 5.86. The number of carbonyl (C=O) groups excluding carboxylic acids is 1. The summed E-state index contributed by atoms with van der Waals surface area (Å²) >= 11 is 0. The van der Waals surface area contributed by atoms with Gasteiger partial charge in [0.05, 0.1) is 10.5 Å².